The summed E-state index contributed by atoms with van der Waals surface area (Å²) in [5.41, 5.74) is 1.99. The number of hydrogen-bond donors (Lipinski definition) is 0. The molecule has 162 valence electrons. The van der Waals surface area contributed by atoms with Gasteiger partial charge >= 0.3 is 0 Å². The van der Waals surface area contributed by atoms with E-state index in [4.69, 9.17) is 21.1 Å². The molecular weight excluding hydrogens is 434 g/mol. The van der Waals surface area contributed by atoms with E-state index in [2.05, 4.69) is 20.9 Å². The van der Waals surface area contributed by atoms with Gasteiger partial charge in [0.05, 0.1) is 18.6 Å². The monoisotopic (exact) mass is 457 g/mol. The summed E-state index contributed by atoms with van der Waals surface area (Å²) in [6.45, 7) is 5.79. The summed E-state index contributed by atoms with van der Waals surface area (Å²) < 4.78 is 11.0. The average Bonchev–Trinajstić information content (AvgIpc) is 3.15. The Morgan fingerprint density at radius 1 is 1.10 bits per heavy atom. The number of piperazine rings is 1. The van der Waals surface area contributed by atoms with Gasteiger partial charge in [0.1, 0.15) is 0 Å². The first-order valence-electron chi connectivity index (χ1n) is 10.2. The summed E-state index contributed by atoms with van der Waals surface area (Å²) in [5, 5.41) is 1.50. The molecule has 0 aromatic heterocycles. The zero-order valence-electron chi connectivity index (χ0n) is 17.5. The first-order chi connectivity index (χ1) is 15.1. The molecule has 0 bridgehead atoms. The van der Waals surface area contributed by atoms with Crippen LogP contribution in [0.4, 0.5) is 5.69 Å². The Morgan fingerprint density at radius 2 is 1.87 bits per heavy atom. The Kier molecular flexibility index (Phi) is 6.73. The van der Waals surface area contributed by atoms with E-state index in [-0.39, 0.29) is 5.91 Å². The lowest BCUT2D eigenvalue weighted by molar-refractivity contribution is -0.113. The first kappa shape index (κ1) is 21.6. The summed E-state index contributed by atoms with van der Waals surface area (Å²) in [7, 11) is 1.61. The molecular formula is C23H24ClN3O3S. The van der Waals surface area contributed by atoms with Crippen molar-refractivity contribution in [3.05, 3.63) is 58.0 Å². The van der Waals surface area contributed by atoms with Crippen LogP contribution in [-0.4, -0.2) is 55.9 Å². The summed E-state index contributed by atoms with van der Waals surface area (Å²) in [4.78, 5) is 21.9. The van der Waals surface area contributed by atoms with Crippen molar-refractivity contribution in [3.8, 4) is 11.5 Å². The van der Waals surface area contributed by atoms with Crippen LogP contribution in [0.5, 0.6) is 11.5 Å². The molecule has 0 N–H and O–H groups in total. The Hall–Kier alpha value is -2.64. The third-order valence-electron chi connectivity index (χ3n) is 5.12. The first-order valence-corrected chi connectivity index (χ1v) is 11.4. The van der Waals surface area contributed by atoms with Gasteiger partial charge in [0.2, 0.25) is 0 Å². The number of amides is 1. The minimum absolute atomic E-state index is 0.204. The van der Waals surface area contributed by atoms with E-state index in [0.29, 0.717) is 23.0 Å². The van der Waals surface area contributed by atoms with Crippen LogP contribution in [0, 0.1) is 0 Å². The molecule has 0 saturated carbocycles. The van der Waals surface area contributed by atoms with E-state index < -0.39 is 0 Å². The van der Waals surface area contributed by atoms with Crippen LogP contribution in [0.2, 0.25) is 5.02 Å². The summed E-state index contributed by atoms with van der Waals surface area (Å²) in [6.07, 6.45) is 1.85. The zero-order valence-corrected chi connectivity index (χ0v) is 19.1. The highest BCUT2D eigenvalue weighted by molar-refractivity contribution is 8.18. The van der Waals surface area contributed by atoms with Crippen LogP contribution < -0.4 is 14.4 Å². The van der Waals surface area contributed by atoms with Gasteiger partial charge in [0.25, 0.3) is 5.91 Å². The molecule has 0 unspecified atom stereocenters. The second-order valence-electron chi connectivity index (χ2n) is 7.11. The van der Waals surface area contributed by atoms with Crippen LogP contribution in [0.15, 0.2) is 52.4 Å². The van der Waals surface area contributed by atoms with Crippen molar-refractivity contribution in [1.29, 1.82) is 0 Å². The van der Waals surface area contributed by atoms with Gasteiger partial charge in [0.15, 0.2) is 16.7 Å². The maximum absolute atomic E-state index is 12.5. The number of halogens is 1. The van der Waals surface area contributed by atoms with Crippen molar-refractivity contribution in [2.75, 3.05) is 44.8 Å². The van der Waals surface area contributed by atoms with Crippen molar-refractivity contribution >= 4 is 46.2 Å². The number of benzene rings is 2. The van der Waals surface area contributed by atoms with E-state index in [1.54, 1.807) is 7.11 Å². The zero-order chi connectivity index (χ0) is 21.8. The molecule has 0 radical (unpaired) electrons. The second-order valence-corrected chi connectivity index (χ2v) is 8.55. The van der Waals surface area contributed by atoms with Crippen molar-refractivity contribution in [2.24, 2.45) is 4.99 Å². The van der Waals surface area contributed by atoms with Crippen LogP contribution in [-0.2, 0) is 4.79 Å². The molecule has 31 heavy (non-hydrogen) atoms. The molecule has 0 atom stereocenters. The van der Waals surface area contributed by atoms with Crippen LogP contribution in [0.1, 0.15) is 12.5 Å². The maximum Gasteiger partial charge on any atom is 0.286 e. The fourth-order valence-electron chi connectivity index (χ4n) is 3.56. The molecule has 4 rings (SSSR count). The third-order valence-corrected chi connectivity index (χ3v) is 6.40. The SMILES string of the molecule is CCOc1ccc(/C=C2/SC(N3CCN(c4cccc(Cl)c4)CC3)=NC2=O)cc1OC. The molecule has 6 nitrogen and oxygen atoms in total. The number of methoxy groups -OCH3 is 1. The quantitative estimate of drug-likeness (QED) is 0.614. The van der Waals surface area contributed by atoms with Gasteiger partial charge in [-0.25, -0.2) is 0 Å². The number of aliphatic imine (C=N–C) groups is 1. The van der Waals surface area contributed by atoms with Gasteiger partial charge in [-0.05, 0) is 60.7 Å². The topological polar surface area (TPSA) is 54.4 Å². The van der Waals surface area contributed by atoms with Gasteiger partial charge in [-0.1, -0.05) is 23.7 Å². The summed E-state index contributed by atoms with van der Waals surface area (Å²) in [5.74, 6) is 1.13. The molecule has 8 heteroatoms. The van der Waals surface area contributed by atoms with E-state index in [1.165, 1.54) is 11.8 Å². The number of carbonyl (C=O) groups is 1. The molecule has 0 aliphatic carbocycles. The normalized spacial score (nSPS) is 17.8. The van der Waals surface area contributed by atoms with E-state index >= 15 is 0 Å². The minimum Gasteiger partial charge on any atom is -0.493 e. The number of carbonyl (C=O) groups excluding carboxylic acids is 1. The Bertz CT molecular complexity index is 1030. The predicted molar refractivity (Wildman–Crippen MR) is 127 cm³/mol. The number of thioether (sulfide) groups is 1. The van der Waals surface area contributed by atoms with Crippen molar-refractivity contribution < 1.29 is 14.3 Å². The number of hydrogen-bond acceptors (Lipinski definition) is 6. The largest absolute Gasteiger partial charge is 0.493 e. The van der Waals surface area contributed by atoms with Crippen LogP contribution in [0.3, 0.4) is 0 Å². The van der Waals surface area contributed by atoms with Gasteiger partial charge in [-0.15, -0.1) is 0 Å². The molecule has 2 aliphatic heterocycles. The lowest BCUT2D eigenvalue weighted by Crippen LogP contribution is -2.47. The highest BCUT2D eigenvalue weighted by Gasteiger charge is 2.28. The Morgan fingerprint density at radius 3 is 2.58 bits per heavy atom. The summed E-state index contributed by atoms with van der Waals surface area (Å²) >= 11 is 7.54. The van der Waals surface area contributed by atoms with Crippen LogP contribution in [0.25, 0.3) is 6.08 Å². The summed E-state index contributed by atoms with van der Waals surface area (Å²) in [6, 6.07) is 13.5. The highest BCUT2D eigenvalue weighted by Crippen LogP contribution is 2.34. The molecule has 0 spiro atoms. The standard InChI is InChI=1S/C23H24ClN3O3S/c1-3-30-19-8-7-16(13-20(19)29-2)14-21-22(28)25-23(31-21)27-11-9-26(10-12-27)18-6-4-5-17(24)15-18/h4-8,13-15H,3,9-12H2,1-2H3/b21-14+. The van der Waals surface area contributed by atoms with Crippen molar-refractivity contribution in [2.45, 2.75) is 6.92 Å². The fourth-order valence-corrected chi connectivity index (χ4v) is 4.71. The lowest BCUT2D eigenvalue weighted by Gasteiger charge is -2.36. The lowest BCUT2D eigenvalue weighted by atomic mass is 10.2. The second kappa shape index (κ2) is 9.66. The average molecular weight is 458 g/mol. The highest BCUT2D eigenvalue weighted by atomic mass is 35.5. The number of rotatable bonds is 5. The Balaban J connectivity index is 1.41. The van der Waals surface area contributed by atoms with Gasteiger partial charge < -0.3 is 19.3 Å². The van der Waals surface area contributed by atoms with Crippen molar-refractivity contribution in [3.63, 3.8) is 0 Å². The fraction of sp³-hybridized carbons (Fsp3) is 0.304. The number of amidine groups is 1. The molecule has 2 aromatic rings. The number of anilines is 1. The maximum atomic E-state index is 12.5. The molecule has 1 fully saturated rings. The minimum atomic E-state index is -0.204. The molecule has 2 aromatic carbocycles. The van der Waals surface area contributed by atoms with Crippen LogP contribution >= 0.6 is 23.4 Å². The predicted octanol–water partition coefficient (Wildman–Crippen LogP) is 4.54. The van der Waals surface area contributed by atoms with Gasteiger partial charge in [-0.2, -0.15) is 4.99 Å². The third kappa shape index (κ3) is 4.99. The van der Waals surface area contributed by atoms with Gasteiger partial charge in [-0.3, -0.25) is 4.79 Å². The molecule has 2 aliphatic rings. The van der Waals surface area contributed by atoms with E-state index in [0.717, 1.165) is 47.6 Å². The van der Waals surface area contributed by atoms with E-state index in [9.17, 15) is 4.79 Å². The molecule has 1 saturated heterocycles. The van der Waals surface area contributed by atoms with Crippen molar-refractivity contribution in [1.82, 2.24) is 4.90 Å². The Labute approximate surface area is 191 Å². The smallest absolute Gasteiger partial charge is 0.286 e. The molecule has 2 heterocycles. The van der Waals surface area contributed by atoms with E-state index in [1.807, 2.05) is 49.4 Å². The molecule has 1 amide bonds. The van der Waals surface area contributed by atoms with Gasteiger partial charge in [0, 0.05) is 36.9 Å². The number of ether oxygens (including phenoxy) is 2. The number of nitrogens with zero attached hydrogens (tertiary/aromatic N) is 3.